The number of halogens is 3. The third-order valence-corrected chi connectivity index (χ3v) is 7.04. The summed E-state index contributed by atoms with van der Waals surface area (Å²) < 4.78 is 48.5. The van der Waals surface area contributed by atoms with Crippen LogP contribution < -0.4 is 15.0 Å². The zero-order valence-corrected chi connectivity index (χ0v) is 22.2. The Morgan fingerprint density at radius 3 is 2.42 bits per heavy atom. The van der Waals surface area contributed by atoms with Gasteiger partial charge in [-0.25, -0.2) is 4.68 Å². The summed E-state index contributed by atoms with van der Waals surface area (Å²) in [6, 6.07) is 10.6. The van der Waals surface area contributed by atoms with Crippen molar-refractivity contribution in [1.82, 2.24) is 20.0 Å². The van der Waals surface area contributed by atoms with Gasteiger partial charge in [0.15, 0.2) is 5.69 Å². The molecule has 3 aromatic rings. The van der Waals surface area contributed by atoms with Gasteiger partial charge in [-0.15, -0.1) is 0 Å². The Bertz CT molecular complexity index is 1480. The number of carbonyl (C=O) groups is 3. The minimum atomic E-state index is -4.81. The number of aromatic nitrogens is 2. The third kappa shape index (κ3) is 5.13. The molecule has 1 aromatic heterocycles. The summed E-state index contributed by atoms with van der Waals surface area (Å²) >= 11 is 0. The van der Waals surface area contributed by atoms with Crippen molar-refractivity contribution in [3.05, 3.63) is 70.5 Å². The highest BCUT2D eigenvalue weighted by Crippen LogP contribution is 2.38. The number of nitrogens with zero attached hydrogens (tertiary/aromatic N) is 4. The molecule has 210 valence electrons. The van der Waals surface area contributed by atoms with Crippen molar-refractivity contribution >= 4 is 23.4 Å². The van der Waals surface area contributed by atoms with Crippen LogP contribution in [0.25, 0.3) is 5.69 Å². The van der Waals surface area contributed by atoms with E-state index in [4.69, 9.17) is 4.74 Å². The van der Waals surface area contributed by atoms with Gasteiger partial charge in [0.2, 0.25) is 0 Å². The van der Waals surface area contributed by atoms with E-state index in [1.54, 1.807) is 38.4 Å². The van der Waals surface area contributed by atoms with E-state index in [9.17, 15) is 27.6 Å². The number of rotatable bonds is 7. The maximum Gasteiger partial charge on any atom is 0.435 e. The Labute approximate surface area is 228 Å². The standard InChI is InChI=1S/C28H28F3N5O4/c1-34(2)26(38)17-6-8-18(9-7-17)35-13-12-20-23(27(35)39)36(33-24(20)28(29,30)31)22-11-10-19(40-3)14-21(22)25(37)32-15-16-4-5-16/h6-11,14,16H,4-5,12-13,15H2,1-3H3,(H,32,37). The number of alkyl halides is 3. The lowest BCUT2D eigenvalue weighted by atomic mass is 10.0. The molecule has 0 radical (unpaired) electrons. The van der Waals surface area contributed by atoms with E-state index in [1.807, 2.05) is 0 Å². The molecule has 2 heterocycles. The second-order valence-electron chi connectivity index (χ2n) is 10.1. The van der Waals surface area contributed by atoms with Crippen molar-refractivity contribution < 1.29 is 32.3 Å². The van der Waals surface area contributed by atoms with Gasteiger partial charge in [-0.3, -0.25) is 14.4 Å². The SMILES string of the molecule is COc1ccc(-n2nc(C(F)(F)F)c3c2C(=O)N(c2ccc(C(=O)N(C)C)cc2)CC3)c(C(=O)NCC2CC2)c1. The van der Waals surface area contributed by atoms with Gasteiger partial charge in [0.25, 0.3) is 17.7 Å². The molecule has 0 bridgehead atoms. The van der Waals surface area contributed by atoms with Gasteiger partial charge < -0.3 is 19.9 Å². The van der Waals surface area contributed by atoms with Crippen molar-refractivity contribution in [2.75, 3.05) is 39.2 Å². The van der Waals surface area contributed by atoms with Gasteiger partial charge in [-0.2, -0.15) is 18.3 Å². The molecular formula is C28H28F3N5O4. The van der Waals surface area contributed by atoms with E-state index in [0.29, 0.717) is 29.5 Å². The summed E-state index contributed by atoms with van der Waals surface area (Å²) in [5.41, 5.74) is -0.768. The molecule has 40 heavy (non-hydrogen) atoms. The number of hydrogen-bond acceptors (Lipinski definition) is 5. The number of amides is 3. The van der Waals surface area contributed by atoms with Gasteiger partial charge in [-0.05, 0) is 67.6 Å². The van der Waals surface area contributed by atoms with Gasteiger partial charge in [0, 0.05) is 44.0 Å². The predicted octanol–water partition coefficient (Wildman–Crippen LogP) is 3.94. The van der Waals surface area contributed by atoms with Crippen LogP contribution in [0, 0.1) is 5.92 Å². The molecule has 1 fully saturated rings. The fraction of sp³-hybridized carbons (Fsp3) is 0.357. The highest BCUT2D eigenvalue weighted by Gasteiger charge is 2.43. The Kier molecular flexibility index (Phi) is 7.03. The molecule has 0 unspecified atom stereocenters. The first-order chi connectivity index (χ1) is 19.0. The van der Waals surface area contributed by atoms with Crippen LogP contribution in [-0.2, 0) is 12.6 Å². The van der Waals surface area contributed by atoms with Crippen LogP contribution in [0.15, 0.2) is 42.5 Å². The van der Waals surface area contributed by atoms with Gasteiger partial charge >= 0.3 is 6.18 Å². The molecule has 2 aromatic carbocycles. The highest BCUT2D eigenvalue weighted by atomic mass is 19.4. The number of anilines is 1. The van der Waals surface area contributed by atoms with E-state index in [2.05, 4.69) is 10.4 Å². The fourth-order valence-electron chi connectivity index (χ4n) is 4.71. The Morgan fingerprint density at radius 1 is 1.12 bits per heavy atom. The lowest BCUT2D eigenvalue weighted by Gasteiger charge is -2.28. The van der Waals surface area contributed by atoms with Crippen LogP contribution in [-0.4, -0.2) is 66.7 Å². The largest absolute Gasteiger partial charge is 0.497 e. The monoisotopic (exact) mass is 555 g/mol. The van der Waals surface area contributed by atoms with Crippen LogP contribution in [0.2, 0.25) is 0 Å². The second-order valence-corrected chi connectivity index (χ2v) is 10.1. The fourth-order valence-corrected chi connectivity index (χ4v) is 4.71. The average molecular weight is 556 g/mol. The summed E-state index contributed by atoms with van der Waals surface area (Å²) in [4.78, 5) is 42.0. The average Bonchev–Trinajstić information content (AvgIpc) is 3.68. The van der Waals surface area contributed by atoms with Crippen LogP contribution in [0.3, 0.4) is 0 Å². The van der Waals surface area contributed by atoms with Crippen LogP contribution in [0.1, 0.15) is 55.3 Å². The Morgan fingerprint density at radius 2 is 1.82 bits per heavy atom. The van der Waals surface area contributed by atoms with Crippen molar-refractivity contribution in [3.8, 4) is 11.4 Å². The van der Waals surface area contributed by atoms with Crippen molar-refractivity contribution in [1.29, 1.82) is 0 Å². The number of fused-ring (bicyclic) bond motifs is 1. The number of benzene rings is 2. The maximum atomic E-state index is 14.1. The van der Waals surface area contributed by atoms with E-state index in [-0.39, 0.29) is 41.4 Å². The molecule has 1 saturated carbocycles. The molecule has 1 N–H and O–H groups in total. The van der Waals surface area contributed by atoms with Gasteiger partial charge in [-0.1, -0.05) is 0 Å². The van der Waals surface area contributed by atoms with E-state index >= 15 is 0 Å². The molecule has 1 aliphatic heterocycles. The quantitative estimate of drug-likeness (QED) is 0.477. The molecule has 1 aliphatic carbocycles. The molecule has 0 saturated heterocycles. The zero-order chi connectivity index (χ0) is 28.8. The summed E-state index contributed by atoms with van der Waals surface area (Å²) in [7, 11) is 4.65. The van der Waals surface area contributed by atoms with Gasteiger partial charge in [0.05, 0.1) is 18.4 Å². The topological polar surface area (TPSA) is 96.8 Å². The second kappa shape index (κ2) is 10.3. The normalized spacial score (nSPS) is 15.1. The number of ether oxygens (including phenoxy) is 1. The summed E-state index contributed by atoms with van der Waals surface area (Å²) in [5, 5.41) is 6.67. The van der Waals surface area contributed by atoms with Crippen molar-refractivity contribution in [2.45, 2.75) is 25.4 Å². The first-order valence-corrected chi connectivity index (χ1v) is 12.8. The smallest absolute Gasteiger partial charge is 0.435 e. The first-order valence-electron chi connectivity index (χ1n) is 12.8. The van der Waals surface area contributed by atoms with Crippen molar-refractivity contribution in [2.24, 2.45) is 5.92 Å². The Balaban J connectivity index is 1.59. The molecule has 9 nitrogen and oxygen atoms in total. The number of nitrogens with one attached hydrogen (secondary N) is 1. The number of carbonyl (C=O) groups excluding carboxylic acids is 3. The molecule has 2 aliphatic rings. The molecular weight excluding hydrogens is 527 g/mol. The third-order valence-electron chi connectivity index (χ3n) is 7.04. The Hall–Kier alpha value is -4.35. The lowest BCUT2D eigenvalue weighted by Crippen LogP contribution is -2.39. The van der Waals surface area contributed by atoms with E-state index in [1.165, 1.54) is 35.1 Å². The minimum Gasteiger partial charge on any atom is -0.497 e. The predicted molar refractivity (Wildman–Crippen MR) is 140 cm³/mol. The highest BCUT2D eigenvalue weighted by molar-refractivity contribution is 6.08. The number of methoxy groups -OCH3 is 1. The van der Waals surface area contributed by atoms with E-state index < -0.39 is 23.7 Å². The molecule has 0 spiro atoms. The molecule has 5 rings (SSSR count). The van der Waals surface area contributed by atoms with Gasteiger partial charge in [0.1, 0.15) is 11.4 Å². The zero-order valence-electron chi connectivity index (χ0n) is 22.2. The molecule has 3 amide bonds. The van der Waals surface area contributed by atoms with Crippen LogP contribution in [0.5, 0.6) is 5.75 Å². The van der Waals surface area contributed by atoms with Crippen LogP contribution >= 0.6 is 0 Å². The summed E-state index contributed by atoms with van der Waals surface area (Å²) in [6.45, 7) is 0.429. The molecule has 0 atom stereocenters. The lowest BCUT2D eigenvalue weighted by molar-refractivity contribution is -0.141. The minimum absolute atomic E-state index is 0.0150. The van der Waals surface area contributed by atoms with Crippen molar-refractivity contribution in [3.63, 3.8) is 0 Å². The maximum absolute atomic E-state index is 14.1. The summed E-state index contributed by atoms with van der Waals surface area (Å²) in [6.07, 6.45) is -2.91. The number of hydrogen-bond donors (Lipinski definition) is 1. The summed E-state index contributed by atoms with van der Waals surface area (Å²) in [5.74, 6) is -0.714. The van der Waals surface area contributed by atoms with E-state index in [0.717, 1.165) is 17.5 Å². The molecule has 12 heteroatoms. The first kappa shape index (κ1) is 27.2. The van der Waals surface area contributed by atoms with Crippen LogP contribution in [0.4, 0.5) is 18.9 Å².